The van der Waals surface area contributed by atoms with E-state index in [1.54, 1.807) is 18.2 Å². The monoisotopic (exact) mass is 346 g/mol. The molecular weight excluding hydrogens is 340 g/mol. The molecule has 1 N–H and O–H groups in total. The van der Waals surface area contributed by atoms with E-state index in [4.69, 9.17) is 23.2 Å². The Morgan fingerprint density at radius 2 is 1.82 bits per heavy atom. The quantitative estimate of drug-likeness (QED) is 0.671. The van der Waals surface area contributed by atoms with Crippen molar-refractivity contribution in [2.75, 3.05) is 0 Å². The van der Waals surface area contributed by atoms with Crippen LogP contribution in [-0.2, 0) is 0 Å². The van der Waals surface area contributed by atoms with E-state index >= 15 is 0 Å². The van der Waals surface area contributed by atoms with Crippen LogP contribution in [0.25, 0.3) is 22.4 Å². The maximum absolute atomic E-state index is 12.4. The van der Waals surface area contributed by atoms with Crippen molar-refractivity contribution in [1.82, 2.24) is 9.97 Å². The number of H-pyrrole nitrogens is 1. The number of alkyl halides is 3. The lowest BCUT2D eigenvalue weighted by Gasteiger charge is -2.12. The molecule has 0 saturated heterocycles. The second kappa shape index (κ2) is 5.37. The van der Waals surface area contributed by atoms with Gasteiger partial charge in [0.2, 0.25) is 0 Å². The summed E-state index contributed by atoms with van der Waals surface area (Å²) in [5.41, 5.74) is 1.77. The molecule has 0 bridgehead atoms. The first-order valence-corrected chi connectivity index (χ1v) is 6.79. The highest BCUT2D eigenvalue weighted by molar-refractivity contribution is 6.43. The van der Waals surface area contributed by atoms with E-state index in [0.29, 0.717) is 16.9 Å². The van der Waals surface area contributed by atoms with Crippen molar-refractivity contribution in [3.05, 3.63) is 46.4 Å². The van der Waals surface area contributed by atoms with E-state index in [1.165, 1.54) is 6.07 Å². The summed E-state index contributed by atoms with van der Waals surface area (Å²) in [6.45, 7) is 0. The fourth-order valence-corrected chi connectivity index (χ4v) is 2.35. The van der Waals surface area contributed by atoms with Crippen LogP contribution >= 0.6 is 23.2 Å². The molecule has 8 heteroatoms. The Hall–Kier alpha value is -1.92. The fraction of sp³-hybridized carbons (Fsp3) is 0.0714. The molecule has 0 radical (unpaired) electrons. The van der Waals surface area contributed by atoms with Crippen molar-refractivity contribution in [3.8, 4) is 17.1 Å². The van der Waals surface area contributed by atoms with Gasteiger partial charge in [-0.3, -0.25) is 0 Å². The summed E-state index contributed by atoms with van der Waals surface area (Å²) in [6.07, 6.45) is -4.86. The Morgan fingerprint density at radius 3 is 2.50 bits per heavy atom. The molecule has 0 aliphatic carbocycles. The zero-order valence-corrected chi connectivity index (χ0v) is 12.2. The van der Waals surface area contributed by atoms with E-state index < -0.39 is 12.1 Å². The van der Waals surface area contributed by atoms with E-state index in [1.807, 2.05) is 6.07 Å². The third-order valence-corrected chi connectivity index (χ3v) is 3.67. The number of imidazole rings is 1. The second-order valence-electron chi connectivity index (χ2n) is 4.42. The predicted molar refractivity (Wildman–Crippen MR) is 78.2 cm³/mol. The lowest BCUT2D eigenvalue weighted by Crippen LogP contribution is -2.17. The smallest absolute Gasteiger partial charge is 0.404 e. The number of halogens is 5. The van der Waals surface area contributed by atoms with Crippen LogP contribution in [-0.4, -0.2) is 16.3 Å². The van der Waals surface area contributed by atoms with Crippen LogP contribution in [0.4, 0.5) is 13.2 Å². The molecule has 0 atom stereocenters. The summed E-state index contributed by atoms with van der Waals surface area (Å²) in [5, 5.41) is -0.363. The molecule has 0 fully saturated rings. The van der Waals surface area contributed by atoms with Gasteiger partial charge in [-0.15, -0.1) is 13.2 Å². The van der Waals surface area contributed by atoms with Crippen LogP contribution in [0.15, 0.2) is 36.4 Å². The number of ether oxygens (including phenoxy) is 1. The van der Waals surface area contributed by atoms with Gasteiger partial charge in [-0.2, -0.15) is 0 Å². The predicted octanol–water partition coefficient (Wildman–Crippen LogP) is 5.44. The first kappa shape index (κ1) is 15.0. The number of nitrogens with one attached hydrogen (secondary N) is 1. The van der Waals surface area contributed by atoms with E-state index in [-0.39, 0.29) is 10.0 Å². The highest BCUT2D eigenvalue weighted by atomic mass is 35.5. The number of hydrogen-bond donors (Lipinski definition) is 1. The molecule has 0 amide bonds. The van der Waals surface area contributed by atoms with Gasteiger partial charge in [-0.05, 0) is 24.3 Å². The zero-order chi connectivity index (χ0) is 15.9. The van der Waals surface area contributed by atoms with Crippen molar-refractivity contribution < 1.29 is 17.9 Å². The van der Waals surface area contributed by atoms with E-state index in [9.17, 15) is 13.2 Å². The molecule has 0 saturated carbocycles. The molecule has 114 valence electrons. The van der Waals surface area contributed by atoms with Gasteiger partial charge in [-0.1, -0.05) is 35.3 Å². The molecule has 3 rings (SSSR count). The van der Waals surface area contributed by atoms with Gasteiger partial charge in [0, 0.05) is 5.56 Å². The maximum Gasteiger partial charge on any atom is 0.573 e. The molecule has 0 aliphatic heterocycles. The van der Waals surface area contributed by atoms with Gasteiger partial charge >= 0.3 is 6.36 Å². The second-order valence-corrected chi connectivity index (χ2v) is 5.21. The van der Waals surface area contributed by atoms with Gasteiger partial charge in [0.15, 0.2) is 0 Å². The van der Waals surface area contributed by atoms with Crippen LogP contribution in [0, 0.1) is 0 Å². The molecule has 3 nitrogen and oxygen atoms in total. The standard InChI is InChI=1S/C14H7Cl2F3N2O/c15-8-5-7(6-11(12(8)16)22-14(17,18)19)13-20-9-3-1-2-4-10(9)21-13/h1-6H,(H,20,21). The van der Waals surface area contributed by atoms with Gasteiger partial charge < -0.3 is 9.72 Å². The Balaban J connectivity index is 2.10. The summed E-state index contributed by atoms with van der Waals surface area (Å²) in [4.78, 5) is 7.30. The number of aromatic amines is 1. The van der Waals surface area contributed by atoms with Gasteiger partial charge in [0.25, 0.3) is 0 Å². The van der Waals surface area contributed by atoms with Crippen molar-refractivity contribution in [2.24, 2.45) is 0 Å². The van der Waals surface area contributed by atoms with Crippen LogP contribution in [0.2, 0.25) is 10.0 Å². The number of nitrogens with zero attached hydrogens (tertiary/aromatic N) is 1. The lowest BCUT2D eigenvalue weighted by atomic mass is 10.2. The number of aromatic nitrogens is 2. The average Bonchev–Trinajstić information content (AvgIpc) is 2.86. The van der Waals surface area contributed by atoms with Crippen molar-refractivity contribution in [2.45, 2.75) is 6.36 Å². The van der Waals surface area contributed by atoms with Crippen LogP contribution < -0.4 is 4.74 Å². The third kappa shape index (κ3) is 2.98. The van der Waals surface area contributed by atoms with Gasteiger partial charge in [0.1, 0.15) is 16.6 Å². The topological polar surface area (TPSA) is 37.9 Å². The number of hydrogen-bond acceptors (Lipinski definition) is 2. The minimum atomic E-state index is -4.86. The Morgan fingerprint density at radius 1 is 1.09 bits per heavy atom. The van der Waals surface area contributed by atoms with Gasteiger partial charge in [0.05, 0.1) is 16.1 Å². The largest absolute Gasteiger partial charge is 0.573 e. The van der Waals surface area contributed by atoms with Crippen LogP contribution in [0.3, 0.4) is 0 Å². The highest BCUT2D eigenvalue weighted by Gasteiger charge is 2.32. The molecule has 22 heavy (non-hydrogen) atoms. The summed E-state index contributed by atoms with van der Waals surface area (Å²) < 4.78 is 41.1. The Labute approximate surface area is 132 Å². The molecule has 0 spiro atoms. The van der Waals surface area contributed by atoms with Crippen LogP contribution in [0.5, 0.6) is 5.75 Å². The normalized spacial score (nSPS) is 11.9. The minimum absolute atomic E-state index is 0.0566. The fourth-order valence-electron chi connectivity index (χ4n) is 1.99. The lowest BCUT2D eigenvalue weighted by molar-refractivity contribution is -0.274. The molecule has 1 aromatic heterocycles. The van der Waals surface area contributed by atoms with E-state index in [2.05, 4.69) is 14.7 Å². The SMILES string of the molecule is FC(F)(F)Oc1cc(-c2nc3ccccc3[nH]2)cc(Cl)c1Cl. The number of rotatable bonds is 2. The van der Waals surface area contributed by atoms with Crippen molar-refractivity contribution >= 4 is 34.2 Å². The summed E-state index contributed by atoms with van der Waals surface area (Å²) in [7, 11) is 0. The Bertz CT molecular complexity index is 813. The first-order chi connectivity index (χ1) is 10.3. The molecular formula is C14H7Cl2F3N2O. The van der Waals surface area contributed by atoms with Crippen LogP contribution in [0.1, 0.15) is 0 Å². The first-order valence-electron chi connectivity index (χ1n) is 6.03. The van der Waals surface area contributed by atoms with E-state index in [0.717, 1.165) is 11.6 Å². The maximum atomic E-state index is 12.4. The molecule has 1 heterocycles. The summed E-state index contributed by atoms with van der Waals surface area (Å²) >= 11 is 11.6. The molecule has 3 aromatic rings. The molecule has 2 aromatic carbocycles. The molecule has 0 aliphatic rings. The average molecular weight is 347 g/mol. The number of para-hydroxylation sites is 2. The van der Waals surface area contributed by atoms with Gasteiger partial charge in [-0.25, -0.2) is 4.98 Å². The number of fused-ring (bicyclic) bond motifs is 1. The zero-order valence-electron chi connectivity index (χ0n) is 10.7. The summed E-state index contributed by atoms with van der Waals surface area (Å²) in [6, 6.07) is 9.76. The summed E-state index contributed by atoms with van der Waals surface area (Å²) in [5.74, 6) is -0.205. The Kier molecular flexibility index (Phi) is 3.66. The highest BCUT2D eigenvalue weighted by Crippen LogP contribution is 2.39. The van der Waals surface area contributed by atoms with Crippen molar-refractivity contribution in [3.63, 3.8) is 0 Å². The third-order valence-electron chi connectivity index (χ3n) is 2.88. The van der Waals surface area contributed by atoms with Crippen molar-refractivity contribution in [1.29, 1.82) is 0 Å². The minimum Gasteiger partial charge on any atom is -0.404 e. The molecule has 0 unspecified atom stereocenters. The number of benzene rings is 2.